The smallest absolute Gasteiger partial charge is 0.259 e. The topological polar surface area (TPSA) is 75.4 Å². The molecule has 38 heavy (non-hydrogen) atoms. The first-order valence-corrected chi connectivity index (χ1v) is 13.6. The molecule has 0 radical (unpaired) electrons. The summed E-state index contributed by atoms with van der Waals surface area (Å²) >= 11 is 6.34. The summed E-state index contributed by atoms with van der Waals surface area (Å²) in [5.74, 6) is -0.107. The Morgan fingerprint density at radius 3 is 2.74 bits per heavy atom. The van der Waals surface area contributed by atoms with Crippen molar-refractivity contribution >= 4 is 28.2 Å². The van der Waals surface area contributed by atoms with Crippen LogP contribution in [0.3, 0.4) is 0 Å². The van der Waals surface area contributed by atoms with E-state index >= 15 is 0 Å². The van der Waals surface area contributed by atoms with Crippen LogP contribution in [-0.4, -0.2) is 39.6 Å². The fraction of sp³-hybridized carbons (Fsp3) is 0.367. The summed E-state index contributed by atoms with van der Waals surface area (Å²) in [6, 6.07) is 16.8. The molecule has 5 rings (SSSR count). The summed E-state index contributed by atoms with van der Waals surface area (Å²) in [6.07, 6.45) is 6.06. The maximum absolute atomic E-state index is 13.7. The standard InChI is InChI=1S/C30H32ClN3O4/c1-2-26(35)29-28(21-9-4-3-5-10-21)25-19-22(31)12-13-24(25)30(36)34(29)20-23-14-16-33(32-23)15-8-18-38-27-11-6-7-17-37-27/h3-5,9-10,12-14,16,19,27H,2,6-8,11,15,17-18,20H2,1H3. The van der Waals surface area contributed by atoms with E-state index in [2.05, 4.69) is 0 Å². The monoisotopic (exact) mass is 533 g/mol. The second kappa shape index (κ2) is 12.1. The first kappa shape index (κ1) is 26.4. The van der Waals surface area contributed by atoms with E-state index in [0.29, 0.717) is 40.3 Å². The van der Waals surface area contributed by atoms with E-state index in [-0.39, 0.29) is 30.6 Å². The van der Waals surface area contributed by atoms with Gasteiger partial charge in [0.25, 0.3) is 5.56 Å². The molecule has 0 aliphatic carbocycles. The SMILES string of the molecule is CCC(=O)c1c(-c2ccccc2)c2cc(Cl)ccc2c(=O)n1Cc1ccn(CCCOC2CCCCO2)n1. The van der Waals surface area contributed by atoms with Gasteiger partial charge in [0.15, 0.2) is 12.1 Å². The molecule has 1 atom stereocenters. The summed E-state index contributed by atoms with van der Waals surface area (Å²) < 4.78 is 14.9. The van der Waals surface area contributed by atoms with Crippen molar-refractivity contribution in [2.45, 2.75) is 58.4 Å². The lowest BCUT2D eigenvalue weighted by Crippen LogP contribution is -2.28. The first-order chi connectivity index (χ1) is 18.5. The second-order valence-corrected chi connectivity index (χ2v) is 9.97. The Bertz CT molecular complexity index is 1470. The number of carbonyl (C=O) groups is 1. The summed E-state index contributed by atoms with van der Waals surface area (Å²) in [4.78, 5) is 27.1. The molecule has 198 valence electrons. The average molecular weight is 534 g/mol. The Morgan fingerprint density at radius 2 is 1.97 bits per heavy atom. The number of nitrogens with zero attached hydrogens (tertiary/aromatic N) is 3. The van der Waals surface area contributed by atoms with E-state index in [0.717, 1.165) is 43.4 Å². The molecule has 0 bridgehead atoms. The second-order valence-electron chi connectivity index (χ2n) is 9.54. The molecular weight excluding hydrogens is 502 g/mol. The van der Waals surface area contributed by atoms with E-state index in [1.807, 2.05) is 54.2 Å². The number of ether oxygens (including phenoxy) is 2. The van der Waals surface area contributed by atoms with Crippen molar-refractivity contribution < 1.29 is 14.3 Å². The van der Waals surface area contributed by atoms with Crippen molar-refractivity contribution in [3.63, 3.8) is 0 Å². The lowest BCUT2D eigenvalue weighted by atomic mass is 9.94. The van der Waals surface area contributed by atoms with Gasteiger partial charge in [-0.25, -0.2) is 0 Å². The van der Waals surface area contributed by atoms with Crippen molar-refractivity contribution in [2.24, 2.45) is 0 Å². The quantitative estimate of drug-likeness (QED) is 0.182. The van der Waals surface area contributed by atoms with Crippen LogP contribution >= 0.6 is 11.6 Å². The van der Waals surface area contributed by atoms with Crippen molar-refractivity contribution in [1.82, 2.24) is 14.3 Å². The van der Waals surface area contributed by atoms with Crippen LogP contribution in [0.2, 0.25) is 5.02 Å². The zero-order valence-electron chi connectivity index (χ0n) is 21.6. The third kappa shape index (κ3) is 5.75. The Hall–Kier alpha value is -3.26. The highest BCUT2D eigenvalue weighted by atomic mass is 35.5. The summed E-state index contributed by atoms with van der Waals surface area (Å²) in [5.41, 5.74) is 2.44. The van der Waals surface area contributed by atoms with Crippen molar-refractivity contribution in [1.29, 1.82) is 0 Å². The first-order valence-electron chi connectivity index (χ1n) is 13.3. The van der Waals surface area contributed by atoms with E-state index in [4.69, 9.17) is 26.2 Å². The third-order valence-electron chi connectivity index (χ3n) is 6.87. The normalized spacial score (nSPS) is 15.7. The maximum atomic E-state index is 13.7. The van der Waals surface area contributed by atoms with Crippen LogP contribution in [0.25, 0.3) is 21.9 Å². The van der Waals surface area contributed by atoms with Crippen molar-refractivity contribution in [3.8, 4) is 11.1 Å². The highest BCUT2D eigenvalue weighted by Gasteiger charge is 2.23. The molecule has 1 aliphatic heterocycles. The molecule has 1 saturated heterocycles. The molecule has 4 aromatic rings. The van der Waals surface area contributed by atoms with Gasteiger partial charge in [-0.3, -0.25) is 18.8 Å². The fourth-order valence-electron chi connectivity index (χ4n) is 4.98. The zero-order chi connectivity index (χ0) is 26.5. The number of carbonyl (C=O) groups excluding carboxylic acids is 1. The number of ketones is 1. The van der Waals surface area contributed by atoms with E-state index < -0.39 is 0 Å². The number of benzene rings is 2. The van der Waals surface area contributed by atoms with Crippen LogP contribution in [0.1, 0.15) is 55.2 Å². The van der Waals surface area contributed by atoms with Gasteiger partial charge < -0.3 is 9.47 Å². The van der Waals surface area contributed by atoms with Gasteiger partial charge in [0.2, 0.25) is 0 Å². The Kier molecular flexibility index (Phi) is 8.37. The maximum Gasteiger partial charge on any atom is 0.259 e. The molecule has 3 heterocycles. The fourth-order valence-corrected chi connectivity index (χ4v) is 5.16. The van der Waals surface area contributed by atoms with Crippen LogP contribution in [0.5, 0.6) is 0 Å². The molecule has 1 unspecified atom stereocenters. The third-order valence-corrected chi connectivity index (χ3v) is 7.11. The predicted molar refractivity (Wildman–Crippen MR) is 149 cm³/mol. The highest BCUT2D eigenvalue weighted by molar-refractivity contribution is 6.31. The van der Waals surface area contributed by atoms with Gasteiger partial charge in [-0.2, -0.15) is 5.10 Å². The van der Waals surface area contributed by atoms with Crippen LogP contribution < -0.4 is 5.56 Å². The summed E-state index contributed by atoms with van der Waals surface area (Å²) in [5, 5.41) is 6.40. The summed E-state index contributed by atoms with van der Waals surface area (Å²) in [6.45, 7) is 4.06. The minimum absolute atomic E-state index is 0.0973. The van der Waals surface area contributed by atoms with Gasteiger partial charge in [-0.1, -0.05) is 48.9 Å². The van der Waals surface area contributed by atoms with Crippen LogP contribution in [-0.2, 0) is 22.6 Å². The molecule has 8 heteroatoms. The highest BCUT2D eigenvalue weighted by Crippen LogP contribution is 2.33. The van der Waals surface area contributed by atoms with Crippen LogP contribution in [0.15, 0.2) is 65.6 Å². The Morgan fingerprint density at radius 1 is 1.13 bits per heavy atom. The zero-order valence-corrected chi connectivity index (χ0v) is 22.3. The molecular formula is C30H32ClN3O4. The number of hydrogen-bond acceptors (Lipinski definition) is 5. The lowest BCUT2D eigenvalue weighted by Gasteiger charge is -2.22. The molecule has 0 amide bonds. The molecule has 2 aromatic heterocycles. The number of halogens is 1. The minimum atomic E-state index is -0.233. The Balaban J connectivity index is 1.46. The number of aryl methyl sites for hydroxylation is 1. The molecule has 7 nitrogen and oxygen atoms in total. The van der Waals surface area contributed by atoms with Crippen molar-refractivity contribution in [2.75, 3.05) is 13.2 Å². The predicted octanol–water partition coefficient (Wildman–Crippen LogP) is 6.09. The average Bonchev–Trinajstić information content (AvgIpc) is 3.40. The van der Waals surface area contributed by atoms with Gasteiger partial charge in [-0.05, 0) is 60.9 Å². The van der Waals surface area contributed by atoms with E-state index in [1.165, 1.54) is 0 Å². The van der Waals surface area contributed by atoms with E-state index in [1.54, 1.807) is 22.8 Å². The van der Waals surface area contributed by atoms with Crippen LogP contribution in [0, 0.1) is 0 Å². The number of pyridine rings is 1. The number of Topliss-reactive ketones (excluding diaryl/α,β-unsaturated/α-hetero) is 1. The lowest BCUT2D eigenvalue weighted by molar-refractivity contribution is -0.163. The molecule has 0 N–H and O–H groups in total. The van der Waals surface area contributed by atoms with Crippen molar-refractivity contribution in [3.05, 3.63) is 87.6 Å². The van der Waals surface area contributed by atoms with Gasteiger partial charge in [-0.15, -0.1) is 0 Å². The molecule has 1 fully saturated rings. The van der Waals surface area contributed by atoms with Gasteiger partial charge >= 0.3 is 0 Å². The van der Waals surface area contributed by atoms with Gasteiger partial charge in [0.1, 0.15) is 0 Å². The largest absolute Gasteiger partial charge is 0.353 e. The molecule has 0 spiro atoms. The van der Waals surface area contributed by atoms with Crippen LogP contribution in [0.4, 0.5) is 0 Å². The molecule has 2 aromatic carbocycles. The number of hydrogen-bond donors (Lipinski definition) is 0. The summed E-state index contributed by atoms with van der Waals surface area (Å²) in [7, 11) is 0. The van der Waals surface area contributed by atoms with Gasteiger partial charge in [0, 0.05) is 41.7 Å². The molecule has 1 aliphatic rings. The minimum Gasteiger partial charge on any atom is -0.353 e. The van der Waals surface area contributed by atoms with E-state index in [9.17, 15) is 9.59 Å². The number of aromatic nitrogens is 3. The number of rotatable bonds is 10. The van der Waals surface area contributed by atoms with Gasteiger partial charge in [0.05, 0.1) is 24.5 Å². The molecule has 0 saturated carbocycles. The Labute approximate surface area is 226 Å². The number of fused-ring (bicyclic) bond motifs is 1.